The van der Waals surface area contributed by atoms with Gasteiger partial charge in [0.25, 0.3) is 0 Å². The SMILES string of the molecule is CN(C)C(=O)/C=C/c1ccc(Cl)cc1Cl. The molecule has 4 heteroatoms. The van der Waals surface area contributed by atoms with E-state index < -0.39 is 0 Å². The second-order valence-corrected chi connectivity index (χ2v) is 4.08. The van der Waals surface area contributed by atoms with Gasteiger partial charge in [0.1, 0.15) is 0 Å². The molecule has 15 heavy (non-hydrogen) atoms. The van der Waals surface area contributed by atoms with Crippen LogP contribution in [0.3, 0.4) is 0 Å². The highest BCUT2D eigenvalue weighted by molar-refractivity contribution is 6.35. The molecule has 1 rings (SSSR count). The molecule has 0 unspecified atom stereocenters. The second kappa shape index (κ2) is 5.19. The van der Waals surface area contributed by atoms with Gasteiger partial charge in [0.15, 0.2) is 0 Å². The van der Waals surface area contributed by atoms with Crippen molar-refractivity contribution in [2.75, 3.05) is 14.1 Å². The third-order valence-corrected chi connectivity index (χ3v) is 2.37. The number of hydrogen-bond acceptors (Lipinski definition) is 1. The lowest BCUT2D eigenvalue weighted by Gasteiger charge is -2.05. The highest BCUT2D eigenvalue weighted by atomic mass is 35.5. The molecule has 80 valence electrons. The Morgan fingerprint density at radius 2 is 2.00 bits per heavy atom. The number of likely N-dealkylation sites (N-methyl/N-ethyl adjacent to an activating group) is 1. The zero-order valence-electron chi connectivity index (χ0n) is 8.50. The smallest absolute Gasteiger partial charge is 0.246 e. The number of rotatable bonds is 2. The molecule has 0 saturated heterocycles. The minimum Gasteiger partial charge on any atom is -0.345 e. The molecule has 0 atom stereocenters. The number of carbonyl (C=O) groups excluding carboxylic acids is 1. The third-order valence-electron chi connectivity index (χ3n) is 1.81. The molecule has 0 fully saturated rings. The van der Waals surface area contributed by atoms with E-state index in [9.17, 15) is 4.79 Å². The van der Waals surface area contributed by atoms with E-state index in [2.05, 4.69) is 0 Å². The Morgan fingerprint density at radius 3 is 2.53 bits per heavy atom. The van der Waals surface area contributed by atoms with Crippen molar-refractivity contribution in [1.29, 1.82) is 0 Å². The molecule has 0 aromatic heterocycles. The molecular weight excluding hydrogens is 233 g/mol. The van der Waals surface area contributed by atoms with Gasteiger partial charge >= 0.3 is 0 Å². The van der Waals surface area contributed by atoms with Gasteiger partial charge in [-0.3, -0.25) is 4.79 Å². The van der Waals surface area contributed by atoms with Crippen LogP contribution in [0, 0.1) is 0 Å². The summed E-state index contributed by atoms with van der Waals surface area (Å²) in [5.74, 6) is -0.0824. The normalized spacial score (nSPS) is 10.7. The van der Waals surface area contributed by atoms with Gasteiger partial charge in [0.2, 0.25) is 5.91 Å². The summed E-state index contributed by atoms with van der Waals surface area (Å²) in [7, 11) is 3.38. The monoisotopic (exact) mass is 243 g/mol. The zero-order valence-corrected chi connectivity index (χ0v) is 10.0. The summed E-state index contributed by atoms with van der Waals surface area (Å²) < 4.78 is 0. The Morgan fingerprint density at radius 1 is 1.33 bits per heavy atom. The molecular formula is C11H11Cl2NO. The van der Waals surface area contributed by atoms with Crippen LogP contribution in [0.5, 0.6) is 0 Å². The van der Waals surface area contributed by atoms with Gasteiger partial charge in [-0.05, 0) is 23.8 Å². The van der Waals surface area contributed by atoms with E-state index in [0.717, 1.165) is 5.56 Å². The van der Waals surface area contributed by atoms with Crippen molar-refractivity contribution in [2.24, 2.45) is 0 Å². The van der Waals surface area contributed by atoms with Crippen molar-refractivity contribution >= 4 is 35.2 Å². The van der Waals surface area contributed by atoms with Crippen LogP contribution in [0.15, 0.2) is 24.3 Å². The molecule has 1 amide bonds. The number of nitrogens with zero attached hydrogens (tertiary/aromatic N) is 1. The molecule has 0 spiro atoms. The highest BCUT2D eigenvalue weighted by Gasteiger charge is 2.00. The first kappa shape index (κ1) is 12.1. The quantitative estimate of drug-likeness (QED) is 0.732. The molecule has 1 aromatic rings. The van der Waals surface area contributed by atoms with E-state index in [0.29, 0.717) is 10.0 Å². The molecule has 0 aliphatic rings. The Bertz CT molecular complexity index is 400. The summed E-state index contributed by atoms with van der Waals surface area (Å²) in [5.41, 5.74) is 0.774. The zero-order chi connectivity index (χ0) is 11.4. The van der Waals surface area contributed by atoms with Crippen LogP contribution in [0.2, 0.25) is 10.0 Å². The molecule has 2 nitrogen and oxygen atoms in total. The molecule has 0 aliphatic carbocycles. The van der Waals surface area contributed by atoms with Gasteiger partial charge in [-0.25, -0.2) is 0 Å². The van der Waals surface area contributed by atoms with E-state index in [1.807, 2.05) is 0 Å². The van der Waals surface area contributed by atoms with Crippen LogP contribution in [-0.4, -0.2) is 24.9 Å². The average Bonchev–Trinajstić information content (AvgIpc) is 2.15. The van der Waals surface area contributed by atoms with Gasteiger partial charge in [-0.15, -0.1) is 0 Å². The standard InChI is InChI=1S/C11H11Cl2NO/c1-14(2)11(15)6-4-8-3-5-9(12)7-10(8)13/h3-7H,1-2H3/b6-4+. The fraction of sp³-hybridized carbons (Fsp3) is 0.182. The Hall–Kier alpha value is -0.990. The van der Waals surface area contributed by atoms with Gasteiger partial charge in [-0.1, -0.05) is 29.3 Å². The average molecular weight is 244 g/mol. The number of hydrogen-bond donors (Lipinski definition) is 0. The number of carbonyl (C=O) groups is 1. The molecule has 0 heterocycles. The fourth-order valence-electron chi connectivity index (χ4n) is 0.947. The van der Waals surface area contributed by atoms with Crippen molar-refractivity contribution in [3.8, 4) is 0 Å². The number of amides is 1. The van der Waals surface area contributed by atoms with Crippen molar-refractivity contribution < 1.29 is 4.79 Å². The Labute approximate surface area is 99.1 Å². The van der Waals surface area contributed by atoms with Crippen LogP contribution in [-0.2, 0) is 4.79 Å². The first-order chi connectivity index (χ1) is 7.00. The number of halogens is 2. The van der Waals surface area contributed by atoms with Crippen LogP contribution in [0.4, 0.5) is 0 Å². The lowest BCUT2D eigenvalue weighted by molar-refractivity contribution is -0.123. The van der Waals surface area contributed by atoms with Crippen LogP contribution >= 0.6 is 23.2 Å². The van der Waals surface area contributed by atoms with E-state index in [-0.39, 0.29) is 5.91 Å². The first-order valence-corrected chi connectivity index (χ1v) is 5.10. The minimum atomic E-state index is -0.0824. The number of benzene rings is 1. The molecule has 0 radical (unpaired) electrons. The molecule has 0 aliphatic heterocycles. The largest absolute Gasteiger partial charge is 0.345 e. The van der Waals surface area contributed by atoms with E-state index in [4.69, 9.17) is 23.2 Å². The second-order valence-electron chi connectivity index (χ2n) is 3.23. The lowest BCUT2D eigenvalue weighted by atomic mass is 10.2. The topological polar surface area (TPSA) is 20.3 Å². The van der Waals surface area contributed by atoms with Crippen molar-refractivity contribution in [2.45, 2.75) is 0 Å². The van der Waals surface area contributed by atoms with E-state index in [1.54, 1.807) is 38.4 Å². The maximum Gasteiger partial charge on any atom is 0.246 e. The summed E-state index contributed by atoms with van der Waals surface area (Å²) in [4.78, 5) is 12.8. The van der Waals surface area contributed by atoms with Crippen molar-refractivity contribution in [3.63, 3.8) is 0 Å². The van der Waals surface area contributed by atoms with E-state index in [1.165, 1.54) is 11.0 Å². The fourth-order valence-corrected chi connectivity index (χ4v) is 1.42. The molecule has 1 aromatic carbocycles. The molecule has 0 N–H and O–H groups in total. The predicted molar refractivity (Wildman–Crippen MR) is 64.2 cm³/mol. The Balaban J connectivity index is 2.85. The maximum atomic E-state index is 11.3. The van der Waals surface area contributed by atoms with E-state index >= 15 is 0 Å². The van der Waals surface area contributed by atoms with Crippen LogP contribution < -0.4 is 0 Å². The summed E-state index contributed by atoms with van der Waals surface area (Å²) in [5, 5.41) is 1.11. The van der Waals surface area contributed by atoms with Gasteiger partial charge in [-0.2, -0.15) is 0 Å². The van der Waals surface area contributed by atoms with Crippen molar-refractivity contribution in [1.82, 2.24) is 4.90 Å². The van der Waals surface area contributed by atoms with Crippen LogP contribution in [0.1, 0.15) is 5.56 Å². The lowest BCUT2D eigenvalue weighted by Crippen LogP contribution is -2.18. The molecule has 0 saturated carbocycles. The predicted octanol–water partition coefficient (Wildman–Crippen LogP) is 3.09. The highest BCUT2D eigenvalue weighted by Crippen LogP contribution is 2.21. The minimum absolute atomic E-state index is 0.0824. The Kier molecular flexibility index (Phi) is 4.18. The maximum absolute atomic E-state index is 11.3. The first-order valence-electron chi connectivity index (χ1n) is 4.35. The van der Waals surface area contributed by atoms with Gasteiger partial charge in [0.05, 0.1) is 0 Å². The summed E-state index contributed by atoms with van der Waals surface area (Å²) in [6.07, 6.45) is 3.14. The van der Waals surface area contributed by atoms with Gasteiger partial charge in [0, 0.05) is 30.2 Å². The van der Waals surface area contributed by atoms with Gasteiger partial charge < -0.3 is 4.90 Å². The summed E-state index contributed by atoms with van der Waals surface area (Å²) in [6, 6.07) is 5.14. The third kappa shape index (κ3) is 3.57. The summed E-state index contributed by atoms with van der Waals surface area (Å²) in [6.45, 7) is 0. The van der Waals surface area contributed by atoms with Crippen molar-refractivity contribution in [3.05, 3.63) is 39.9 Å². The van der Waals surface area contributed by atoms with Crippen LogP contribution in [0.25, 0.3) is 6.08 Å². The molecule has 0 bridgehead atoms. The summed E-state index contributed by atoms with van der Waals surface area (Å²) >= 11 is 11.7.